The van der Waals surface area contributed by atoms with E-state index in [-0.39, 0.29) is 6.04 Å². The maximum atomic E-state index is 11.4. The molecule has 10 nitrogen and oxygen atoms in total. The summed E-state index contributed by atoms with van der Waals surface area (Å²) in [4.78, 5) is 6.91. The van der Waals surface area contributed by atoms with Crippen LogP contribution in [0.3, 0.4) is 0 Å². The van der Waals surface area contributed by atoms with Crippen molar-refractivity contribution >= 4 is 21.5 Å². The lowest BCUT2D eigenvalue weighted by Crippen LogP contribution is -2.41. The number of nitrogens with one attached hydrogen (secondary N) is 1. The SMILES string of the molecule is COc1ccc(-c2c(C)nc3c(N4CC[C@@H](NS(N)(=O)=O)C4)cc(C)nn23)cc1OC. The summed E-state index contributed by atoms with van der Waals surface area (Å²) in [6.07, 6.45) is 0.659. The molecule has 3 aromatic rings. The Labute approximate surface area is 181 Å². The van der Waals surface area contributed by atoms with Gasteiger partial charge in [-0.05, 0) is 44.5 Å². The Morgan fingerprint density at radius 2 is 1.90 bits per heavy atom. The Morgan fingerprint density at radius 1 is 1.16 bits per heavy atom. The molecular formula is C20H26N6O4S. The molecule has 0 bridgehead atoms. The molecule has 0 saturated carbocycles. The number of benzene rings is 1. The van der Waals surface area contributed by atoms with Crippen molar-refractivity contribution in [2.45, 2.75) is 26.3 Å². The molecule has 0 spiro atoms. The Hall–Kier alpha value is -2.89. The molecule has 1 atom stereocenters. The normalized spacial score (nSPS) is 16.8. The summed E-state index contributed by atoms with van der Waals surface area (Å²) in [6.45, 7) is 5.05. The first-order chi connectivity index (χ1) is 14.7. The maximum Gasteiger partial charge on any atom is 0.274 e. The molecule has 2 aromatic heterocycles. The lowest BCUT2D eigenvalue weighted by atomic mass is 10.1. The van der Waals surface area contributed by atoms with E-state index in [1.807, 2.05) is 42.6 Å². The van der Waals surface area contributed by atoms with Crippen LogP contribution in [0, 0.1) is 13.8 Å². The van der Waals surface area contributed by atoms with Gasteiger partial charge in [0, 0.05) is 24.7 Å². The molecule has 1 fully saturated rings. The zero-order valence-corrected chi connectivity index (χ0v) is 18.7. The number of hydrogen-bond donors (Lipinski definition) is 2. The maximum absolute atomic E-state index is 11.4. The summed E-state index contributed by atoms with van der Waals surface area (Å²) in [7, 11) is -0.547. The van der Waals surface area contributed by atoms with E-state index in [1.54, 1.807) is 14.2 Å². The van der Waals surface area contributed by atoms with Crippen LogP contribution in [0.1, 0.15) is 17.8 Å². The second kappa shape index (κ2) is 7.98. The van der Waals surface area contributed by atoms with E-state index in [9.17, 15) is 8.42 Å². The summed E-state index contributed by atoms with van der Waals surface area (Å²) < 4.78 is 37.9. The highest BCUT2D eigenvalue weighted by atomic mass is 32.2. The van der Waals surface area contributed by atoms with Gasteiger partial charge in [0.1, 0.15) is 0 Å². The van der Waals surface area contributed by atoms with Gasteiger partial charge in [0.15, 0.2) is 17.1 Å². The minimum absolute atomic E-state index is 0.245. The number of imidazole rings is 1. The van der Waals surface area contributed by atoms with Gasteiger partial charge in [0.2, 0.25) is 0 Å². The molecule has 3 N–H and O–H groups in total. The number of ether oxygens (including phenoxy) is 2. The molecule has 0 unspecified atom stereocenters. The molecule has 1 aliphatic rings. The van der Waals surface area contributed by atoms with Crippen molar-refractivity contribution in [3.05, 3.63) is 35.7 Å². The van der Waals surface area contributed by atoms with E-state index in [4.69, 9.17) is 24.7 Å². The number of rotatable bonds is 6. The first kappa shape index (κ1) is 21.3. The minimum Gasteiger partial charge on any atom is -0.493 e. The van der Waals surface area contributed by atoms with Crippen LogP contribution in [-0.2, 0) is 10.2 Å². The number of methoxy groups -OCH3 is 2. The fourth-order valence-electron chi connectivity index (χ4n) is 4.09. The molecular weight excluding hydrogens is 420 g/mol. The number of hydrogen-bond acceptors (Lipinski definition) is 7. The Bertz CT molecular complexity index is 1240. The van der Waals surface area contributed by atoms with Crippen molar-refractivity contribution in [1.82, 2.24) is 19.3 Å². The second-order valence-corrected chi connectivity index (χ2v) is 8.94. The van der Waals surface area contributed by atoms with Gasteiger partial charge >= 0.3 is 0 Å². The molecule has 0 amide bonds. The minimum atomic E-state index is -3.75. The molecule has 166 valence electrons. The van der Waals surface area contributed by atoms with E-state index in [0.29, 0.717) is 36.7 Å². The van der Waals surface area contributed by atoms with Gasteiger partial charge in [-0.25, -0.2) is 14.6 Å². The number of nitrogens with zero attached hydrogens (tertiary/aromatic N) is 4. The van der Waals surface area contributed by atoms with Crippen molar-refractivity contribution < 1.29 is 17.9 Å². The van der Waals surface area contributed by atoms with Gasteiger partial charge in [-0.15, -0.1) is 0 Å². The average molecular weight is 447 g/mol. The summed E-state index contributed by atoms with van der Waals surface area (Å²) in [5.74, 6) is 1.27. The highest BCUT2D eigenvalue weighted by molar-refractivity contribution is 7.87. The zero-order valence-electron chi connectivity index (χ0n) is 17.9. The molecule has 4 rings (SSSR count). The second-order valence-electron chi connectivity index (χ2n) is 7.62. The number of aryl methyl sites for hydroxylation is 2. The molecule has 1 aromatic carbocycles. The van der Waals surface area contributed by atoms with E-state index < -0.39 is 10.2 Å². The fourth-order valence-corrected chi connectivity index (χ4v) is 4.74. The van der Waals surface area contributed by atoms with Crippen molar-refractivity contribution in [2.24, 2.45) is 5.14 Å². The number of fused-ring (bicyclic) bond motifs is 1. The molecule has 0 aliphatic carbocycles. The highest BCUT2D eigenvalue weighted by Gasteiger charge is 2.28. The molecule has 1 saturated heterocycles. The Balaban J connectivity index is 1.78. The lowest BCUT2D eigenvalue weighted by molar-refractivity contribution is 0.355. The van der Waals surface area contributed by atoms with E-state index in [2.05, 4.69) is 9.62 Å². The molecule has 11 heteroatoms. The quantitative estimate of drug-likeness (QED) is 0.586. The van der Waals surface area contributed by atoms with Crippen LogP contribution in [0.15, 0.2) is 24.3 Å². The van der Waals surface area contributed by atoms with Gasteiger partial charge in [-0.2, -0.15) is 18.2 Å². The number of nitrogens with two attached hydrogens (primary N) is 1. The molecule has 0 radical (unpaired) electrons. The topological polar surface area (TPSA) is 124 Å². The van der Waals surface area contributed by atoms with E-state index in [1.165, 1.54) is 0 Å². The standard InChI is InChI=1S/C20H26N6O4S/c1-12-9-16(25-8-7-15(11-25)24-31(21,27)28)20-22-13(2)19(26(20)23-12)14-5-6-17(29-3)18(10-14)30-4/h5-6,9-10,15,24H,7-8,11H2,1-4H3,(H2,21,27,28)/t15-/m1/s1. The van der Waals surface area contributed by atoms with Crippen molar-refractivity contribution in [3.8, 4) is 22.8 Å². The lowest BCUT2D eigenvalue weighted by Gasteiger charge is -2.20. The van der Waals surface area contributed by atoms with Crippen LogP contribution in [0.25, 0.3) is 16.9 Å². The third kappa shape index (κ3) is 4.16. The first-order valence-corrected chi connectivity index (χ1v) is 11.4. The Kier molecular flexibility index (Phi) is 5.50. The third-order valence-electron chi connectivity index (χ3n) is 5.38. The fraction of sp³-hybridized carbons (Fsp3) is 0.400. The summed E-state index contributed by atoms with van der Waals surface area (Å²) in [5.41, 5.74) is 5.03. The van der Waals surface area contributed by atoms with E-state index in [0.717, 1.165) is 28.3 Å². The largest absolute Gasteiger partial charge is 0.493 e. The average Bonchev–Trinajstić information content (AvgIpc) is 3.29. The summed E-state index contributed by atoms with van der Waals surface area (Å²) in [5, 5.41) is 9.85. The predicted molar refractivity (Wildman–Crippen MR) is 118 cm³/mol. The predicted octanol–water partition coefficient (Wildman–Crippen LogP) is 1.40. The van der Waals surface area contributed by atoms with Crippen LogP contribution in [0.5, 0.6) is 11.5 Å². The summed E-state index contributed by atoms with van der Waals surface area (Å²) >= 11 is 0. The monoisotopic (exact) mass is 446 g/mol. The highest BCUT2D eigenvalue weighted by Crippen LogP contribution is 2.35. The van der Waals surface area contributed by atoms with Gasteiger partial charge < -0.3 is 14.4 Å². The first-order valence-electron chi connectivity index (χ1n) is 9.84. The van der Waals surface area contributed by atoms with Crippen LogP contribution in [0.2, 0.25) is 0 Å². The van der Waals surface area contributed by atoms with Crippen LogP contribution >= 0.6 is 0 Å². The zero-order chi connectivity index (χ0) is 22.3. The van der Waals surface area contributed by atoms with Gasteiger partial charge in [-0.1, -0.05) is 0 Å². The molecule has 1 aliphatic heterocycles. The van der Waals surface area contributed by atoms with Gasteiger partial charge in [0.05, 0.1) is 37.0 Å². The van der Waals surface area contributed by atoms with Gasteiger partial charge in [0.25, 0.3) is 10.2 Å². The van der Waals surface area contributed by atoms with Crippen molar-refractivity contribution in [1.29, 1.82) is 0 Å². The Morgan fingerprint density at radius 3 is 2.58 bits per heavy atom. The van der Waals surface area contributed by atoms with Crippen LogP contribution < -0.4 is 24.2 Å². The van der Waals surface area contributed by atoms with Gasteiger partial charge in [-0.3, -0.25) is 0 Å². The smallest absolute Gasteiger partial charge is 0.274 e. The molecule has 3 heterocycles. The summed E-state index contributed by atoms with van der Waals surface area (Å²) in [6, 6.07) is 7.43. The molecule has 31 heavy (non-hydrogen) atoms. The van der Waals surface area contributed by atoms with Crippen molar-refractivity contribution in [3.63, 3.8) is 0 Å². The third-order valence-corrected chi connectivity index (χ3v) is 6.04. The number of anilines is 1. The number of aromatic nitrogens is 3. The van der Waals surface area contributed by atoms with Crippen molar-refractivity contribution in [2.75, 3.05) is 32.2 Å². The van der Waals surface area contributed by atoms with Crippen LogP contribution in [-0.4, -0.2) is 56.4 Å². The van der Waals surface area contributed by atoms with Crippen LogP contribution in [0.4, 0.5) is 5.69 Å². The van der Waals surface area contributed by atoms with E-state index >= 15 is 0 Å².